The van der Waals surface area contributed by atoms with Gasteiger partial charge in [-0.15, -0.1) is 0 Å². The third-order valence-corrected chi connectivity index (χ3v) is 3.17. The van der Waals surface area contributed by atoms with Gasteiger partial charge in [0.15, 0.2) is 0 Å². The molecule has 0 radical (unpaired) electrons. The van der Waals surface area contributed by atoms with Crippen LogP contribution in [0.25, 0.3) is 0 Å². The van der Waals surface area contributed by atoms with Crippen molar-refractivity contribution >= 4 is 12.1 Å². The molecule has 5 nitrogen and oxygen atoms in total. The molecule has 0 aliphatic heterocycles. The van der Waals surface area contributed by atoms with E-state index in [-0.39, 0.29) is 6.04 Å². The minimum atomic E-state index is -0.820. The second-order valence-electron chi connectivity index (χ2n) is 5.71. The van der Waals surface area contributed by atoms with E-state index in [4.69, 9.17) is 9.84 Å². The number of hydrogen-bond acceptors (Lipinski definition) is 3. The number of carboxylic acids is 1. The Hall–Kier alpha value is -1.26. The molecule has 0 aromatic rings. The van der Waals surface area contributed by atoms with Crippen molar-refractivity contribution in [2.75, 3.05) is 6.54 Å². The first-order valence-corrected chi connectivity index (χ1v) is 6.48. The van der Waals surface area contributed by atoms with Crippen LogP contribution >= 0.6 is 0 Å². The first-order valence-electron chi connectivity index (χ1n) is 6.48. The Bertz CT molecular complexity index is 321. The van der Waals surface area contributed by atoms with Gasteiger partial charge in [-0.3, -0.25) is 4.79 Å². The smallest absolute Gasteiger partial charge is 0.410 e. The Morgan fingerprint density at radius 2 is 1.94 bits per heavy atom. The summed E-state index contributed by atoms with van der Waals surface area (Å²) in [7, 11) is 0. The molecule has 1 N–H and O–H groups in total. The highest BCUT2D eigenvalue weighted by Crippen LogP contribution is 2.31. The molecule has 0 aromatic heterocycles. The molecule has 104 valence electrons. The van der Waals surface area contributed by atoms with Gasteiger partial charge in [-0.2, -0.15) is 0 Å². The molecule has 0 heterocycles. The summed E-state index contributed by atoms with van der Waals surface area (Å²) in [6.45, 7) is 7.75. The number of rotatable bonds is 3. The van der Waals surface area contributed by atoms with Crippen molar-refractivity contribution in [3.63, 3.8) is 0 Å². The van der Waals surface area contributed by atoms with Crippen molar-refractivity contribution in [3.8, 4) is 0 Å². The average molecular weight is 257 g/mol. The zero-order valence-corrected chi connectivity index (χ0v) is 11.6. The van der Waals surface area contributed by atoms with E-state index < -0.39 is 23.6 Å². The van der Waals surface area contributed by atoms with Crippen molar-refractivity contribution in [2.45, 2.75) is 58.6 Å². The second-order valence-corrected chi connectivity index (χ2v) is 5.71. The van der Waals surface area contributed by atoms with Gasteiger partial charge < -0.3 is 14.7 Å². The number of carbonyl (C=O) groups excluding carboxylic acids is 1. The molecule has 5 heteroatoms. The van der Waals surface area contributed by atoms with E-state index in [1.807, 2.05) is 27.7 Å². The van der Waals surface area contributed by atoms with Gasteiger partial charge in [0.05, 0.1) is 5.92 Å². The van der Waals surface area contributed by atoms with Crippen LogP contribution in [0.1, 0.15) is 47.0 Å². The lowest BCUT2D eigenvalue weighted by atomic mass is 10.0. The minimum Gasteiger partial charge on any atom is -0.481 e. The van der Waals surface area contributed by atoms with Gasteiger partial charge in [0.25, 0.3) is 0 Å². The standard InChI is InChI=1S/C13H23NO4/c1-5-14(12(17)18-13(2,3)4)10-8-6-7-9(10)11(15)16/h9-10H,5-8H2,1-4H3,(H,15,16)/t9-,10-/m0/s1. The number of carbonyl (C=O) groups is 2. The van der Waals surface area contributed by atoms with Gasteiger partial charge in [-0.25, -0.2) is 4.79 Å². The summed E-state index contributed by atoms with van der Waals surface area (Å²) in [6, 6.07) is -0.234. The lowest BCUT2D eigenvalue weighted by Gasteiger charge is -2.32. The molecular formula is C13H23NO4. The molecule has 1 saturated carbocycles. The van der Waals surface area contributed by atoms with Crippen LogP contribution in [0.5, 0.6) is 0 Å². The summed E-state index contributed by atoms with van der Waals surface area (Å²) < 4.78 is 5.33. The number of aliphatic carboxylic acids is 1. The topological polar surface area (TPSA) is 66.8 Å². The van der Waals surface area contributed by atoms with Crippen molar-refractivity contribution in [1.82, 2.24) is 4.90 Å². The lowest BCUT2D eigenvalue weighted by molar-refractivity contribution is -0.143. The Kier molecular flexibility index (Phi) is 4.59. The quantitative estimate of drug-likeness (QED) is 0.843. The fourth-order valence-corrected chi connectivity index (χ4v) is 2.42. The van der Waals surface area contributed by atoms with Crippen LogP contribution in [-0.2, 0) is 9.53 Å². The highest BCUT2D eigenvalue weighted by molar-refractivity contribution is 5.74. The zero-order chi connectivity index (χ0) is 13.9. The molecule has 2 atom stereocenters. The zero-order valence-electron chi connectivity index (χ0n) is 11.6. The number of amides is 1. The molecule has 1 rings (SSSR count). The van der Waals surface area contributed by atoms with Gasteiger partial charge in [-0.05, 0) is 40.5 Å². The number of ether oxygens (including phenoxy) is 1. The molecule has 1 fully saturated rings. The summed E-state index contributed by atoms with van der Waals surface area (Å²) in [5, 5.41) is 9.16. The van der Waals surface area contributed by atoms with E-state index in [1.165, 1.54) is 0 Å². The monoisotopic (exact) mass is 257 g/mol. The Balaban J connectivity index is 2.76. The molecule has 0 unspecified atom stereocenters. The van der Waals surface area contributed by atoms with Crippen molar-refractivity contribution in [3.05, 3.63) is 0 Å². The predicted molar refractivity (Wildman–Crippen MR) is 67.4 cm³/mol. The van der Waals surface area contributed by atoms with Crippen LogP contribution in [0.2, 0.25) is 0 Å². The normalized spacial score (nSPS) is 23.8. The van der Waals surface area contributed by atoms with E-state index >= 15 is 0 Å². The average Bonchev–Trinajstić information content (AvgIpc) is 2.64. The molecule has 1 aliphatic rings. The third-order valence-electron chi connectivity index (χ3n) is 3.17. The van der Waals surface area contributed by atoms with Gasteiger partial charge in [0.2, 0.25) is 0 Å². The first kappa shape index (κ1) is 14.8. The maximum absolute atomic E-state index is 12.1. The van der Waals surface area contributed by atoms with Crippen LogP contribution in [-0.4, -0.2) is 40.3 Å². The van der Waals surface area contributed by atoms with Crippen LogP contribution < -0.4 is 0 Å². The minimum absolute atomic E-state index is 0.234. The van der Waals surface area contributed by atoms with Crippen LogP contribution in [0.15, 0.2) is 0 Å². The van der Waals surface area contributed by atoms with Crippen molar-refractivity contribution in [2.24, 2.45) is 5.92 Å². The van der Waals surface area contributed by atoms with Crippen LogP contribution in [0, 0.1) is 5.92 Å². The van der Waals surface area contributed by atoms with E-state index in [0.29, 0.717) is 13.0 Å². The molecular weight excluding hydrogens is 234 g/mol. The SMILES string of the molecule is CCN(C(=O)OC(C)(C)C)[C@H]1CCC[C@@H]1C(=O)O. The van der Waals surface area contributed by atoms with E-state index in [9.17, 15) is 9.59 Å². The molecule has 1 amide bonds. The van der Waals surface area contributed by atoms with Gasteiger partial charge in [0.1, 0.15) is 5.60 Å². The summed E-state index contributed by atoms with van der Waals surface area (Å²) in [6.07, 6.45) is 1.81. The number of carboxylic acid groups (broad SMARTS) is 1. The van der Waals surface area contributed by atoms with Crippen LogP contribution in [0.4, 0.5) is 4.79 Å². The molecule has 0 bridgehead atoms. The summed E-state index contributed by atoms with van der Waals surface area (Å²) >= 11 is 0. The second kappa shape index (κ2) is 5.59. The Morgan fingerprint density at radius 1 is 1.33 bits per heavy atom. The summed E-state index contributed by atoms with van der Waals surface area (Å²) in [5.74, 6) is -1.28. The van der Waals surface area contributed by atoms with E-state index in [2.05, 4.69) is 0 Å². The molecule has 0 saturated heterocycles. The maximum atomic E-state index is 12.1. The highest BCUT2D eigenvalue weighted by atomic mass is 16.6. The third kappa shape index (κ3) is 3.62. The fourth-order valence-electron chi connectivity index (χ4n) is 2.42. The molecule has 1 aliphatic carbocycles. The Labute approximate surface area is 108 Å². The lowest BCUT2D eigenvalue weighted by Crippen LogP contribution is -2.46. The number of hydrogen-bond donors (Lipinski definition) is 1. The van der Waals surface area contributed by atoms with Gasteiger partial charge in [-0.1, -0.05) is 6.42 Å². The first-order chi connectivity index (χ1) is 8.26. The molecule has 0 aromatic carbocycles. The van der Waals surface area contributed by atoms with E-state index in [1.54, 1.807) is 4.90 Å². The highest BCUT2D eigenvalue weighted by Gasteiger charge is 2.39. The Morgan fingerprint density at radius 3 is 2.39 bits per heavy atom. The maximum Gasteiger partial charge on any atom is 0.410 e. The predicted octanol–water partition coefficient (Wildman–Crippen LogP) is 2.50. The van der Waals surface area contributed by atoms with Crippen molar-refractivity contribution < 1.29 is 19.4 Å². The van der Waals surface area contributed by atoms with Gasteiger partial charge >= 0.3 is 12.1 Å². The van der Waals surface area contributed by atoms with Crippen LogP contribution in [0.3, 0.4) is 0 Å². The summed E-state index contributed by atoms with van der Waals surface area (Å²) in [4.78, 5) is 24.8. The summed E-state index contributed by atoms with van der Waals surface area (Å²) in [5.41, 5.74) is -0.554. The molecule has 18 heavy (non-hydrogen) atoms. The van der Waals surface area contributed by atoms with Gasteiger partial charge in [0, 0.05) is 12.6 Å². The van der Waals surface area contributed by atoms with Crippen molar-refractivity contribution in [1.29, 1.82) is 0 Å². The molecule has 0 spiro atoms. The fraction of sp³-hybridized carbons (Fsp3) is 0.846. The number of nitrogens with zero attached hydrogens (tertiary/aromatic N) is 1. The largest absolute Gasteiger partial charge is 0.481 e. The van der Waals surface area contributed by atoms with E-state index in [0.717, 1.165) is 12.8 Å².